The van der Waals surface area contributed by atoms with Crippen LogP contribution in [-0.4, -0.2) is 19.1 Å². The number of fused-ring (bicyclic) bond motifs is 2. The molecule has 0 N–H and O–H groups in total. The second kappa shape index (κ2) is 9.71. The predicted molar refractivity (Wildman–Crippen MR) is 136 cm³/mol. The van der Waals surface area contributed by atoms with Crippen molar-refractivity contribution < 1.29 is 31.5 Å². The zero-order valence-corrected chi connectivity index (χ0v) is 21.5. The van der Waals surface area contributed by atoms with Crippen molar-refractivity contribution in [2.45, 2.75) is 59.3 Å². The molecule has 0 saturated carbocycles. The molecule has 0 bridgehead atoms. The summed E-state index contributed by atoms with van der Waals surface area (Å²) < 4.78 is 74.5. The van der Waals surface area contributed by atoms with Gasteiger partial charge in [0.2, 0.25) is 0 Å². The van der Waals surface area contributed by atoms with Gasteiger partial charge in [0.05, 0.1) is 12.2 Å². The van der Waals surface area contributed by atoms with Crippen molar-refractivity contribution in [1.29, 1.82) is 0 Å². The van der Waals surface area contributed by atoms with Crippen molar-refractivity contribution >= 4 is 11.6 Å². The summed E-state index contributed by atoms with van der Waals surface area (Å²) in [6.45, 7) is 5.50. The standard InChI is InChI=1S/C30H28F5NO2/c1-4-21-16(2)10-26-23(27(21)24-14-25(32)28-22(17(24)3)6-5-9-38-28)7-8-36(26)29(37)19-11-18(15-31)12-20(13-19)30(33,34)35/h10-14H,4-9,15H2,1-3H3. The van der Waals surface area contributed by atoms with Gasteiger partial charge in [-0.15, -0.1) is 0 Å². The SMILES string of the molecule is CCc1c(C)cc2c(c1-c1cc(F)c3c(c1C)CCCO3)CCN2C(=O)c1cc(CF)cc(C(F)(F)F)c1. The Bertz CT molecular complexity index is 1440. The maximum atomic E-state index is 15.2. The maximum Gasteiger partial charge on any atom is 0.416 e. The van der Waals surface area contributed by atoms with Crippen molar-refractivity contribution in [1.82, 2.24) is 0 Å². The lowest BCUT2D eigenvalue weighted by atomic mass is 9.84. The van der Waals surface area contributed by atoms with E-state index in [9.17, 15) is 22.4 Å². The fourth-order valence-corrected chi connectivity index (χ4v) is 5.85. The molecule has 0 aromatic heterocycles. The molecular weight excluding hydrogens is 501 g/mol. The van der Waals surface area contributed by atoms with Crippen LogP contribution in [0.4, 0.5) is 27.6 Å². The zero-order valence-electron chi connectivity index (χ0n) is 21.5. The van der Waals surface area contributed by atoms with E-state index in [0.717, 1.165) is 57.5 Å². The fourth-order valence-electron chi connectivity index (χ4n) is 5.85. The third-order valence-corrected chi connectivity index (χ3v) is 7.64. The Balaban J connectivity index is 1.66. The molecule has 3 nitrogen and oxygen atoms in total. The Hall–Kier alpha value is -3.42. The van der Waals surface area contributed by atoms with E-state index < -0.39 is 30.1 Å². The molecule has 3 aromatic carbocycles. The van der Waals surface area contributed by atoms with Crippen LogP contribution in [0.5, 0.6) is 5.75 Å². The molecule has 0 saturated heterocycles. The van der Waals surface area contributed by atoms with E-state index in [-0.39, 0.29) is 17.7 Å². The lowest BCUT2D eigenvalue weighted by Crippen LogP contribution is -2.29. The van der Waals surface area contributed by atoms with Gasteiger partial charge in [-0.25, -0.2) is 8.78 Å². The Kier molecular flexibility index (Phi) is 6.70. The monoisotopic (exact) mass is 529 g/mol. The van der Waals surface area contributed by atoms with Gasteiger partial charge >= 0.3 is 6.18 Å². The molecule has 0 radical (unpaired) electrons. The number of amides is 1. The van der Waals surface area contributed by atoms with Crippen LogP contribution < -0.4 is 9.64 Å². The maximum absolute atomic E-state index is 15.2. The number of halogens is 5. The summed E-state index contributed by atoms with van der Waals surface area (Å²) in [7, 11) is 0. The number of ether oxygens (including phenoxy) is 1. The van der Waals surface area contributed by atoms with Crippen molar-refractivity contribution in [2.24, 2.45) is 0 Å². The number of carbonyl (C=O) groups is 1. The van der Waals surface area contributed by atoms with E-state index in [1.54, 1.807) is 0 Å². The number of anilines is 1. The minimum atomic E-state index is -4.71. The summed E-state index contributed by atoms with van der Waals surface area (Å²) in [6.07, 6.45) is -2.06. The molecule has 2 aliphatic heterocycles. The van der Waals surface area contributed by atoms with Crippen molar-refractivity contribution in [3.63, 3.8) is 0 Å². The fraction of sp³-hybridized carbons (Fsp3) is 0.367. The minimum Gasteiger partial charge on any atom is -0.490 e. The van der Waals surface area contributed by atoms with Gasteiger partial charge in [0, 0.05) is 23.4 Å². The van der Waals surface area contributed by atoms with Crippen LogP contribution in [0.1, 0.15) is 62.6 Å². The molecule has 3 aromatic rings. The quantitative estimate of drug-likeness (QED) is 0.324. The van der Waals surface area contributed by atoms with Crippen molar-refractivity contribution in [3.8, 4) is 16.9 Å². The number of nitrogens with zero attached hydrogens (tertiary/aromatic N) is 1. The number of rotatable bonds is 4. The third kappa shape index (κ3) is 4.33. The van der Waals surface area contributed by atoms with E-state index >= 15 is 4.39 Å². The van der Waals surface area contributed by atoms with Gasteiger partial charge in [-0.1, -0.05) is 6.92 Å². The first-order valence-corrected chi connectivity index (χ1v) is 12.7. The molecule has 200 valence electrons. The second-order valence-electron chi connectivity index (χ2n) is 9.95. The van der Waals surface area contributed by atoms with Gasteiger partial charge in [-0.3, -0.25) is 4.79 Å². The molecule has 2 heterocycles. The highest BCUT2D eigenvalue weighted by atomic mass is 19.4. The summed E-state index contributed by atoms with van der Waals surface area (Å²) in [6, 6.07) is 6.04. The molecule has 1 amide bonds. The summed E-state index contributed by atoms with van der Waals surface area (Å²) in [5, 5.41) is 0. The molecule has 0 fully saturated rings. The van der Waals surface area contributed by atoms with Gasteiger partial charge in [-0.05, 0) is 109 Å². The molecule has 0 atom stereocenters. The average Bonchev–Trinajstić information content (AvgIpc) is 3.32. The number of hydrogen-bond donors (Lipinski definition) is 0. The summed E-state index contributed by atoms with van der Waals surface area (Å²) in [5.41, 5.74) is 5.31. The molecule has 0 unspecified atom stereocenters. The van der Waals surface area contributed by atoms with E-state index in [4.69, 9.17) is 4.74 Å². The van der Waals surface area contributed by atoms with E-state index in [0.29, 0.717) is 37.3 Å². The smallest absolute Gasteiger partial charge is 0.416 e. The van der Waals surface area contributed by atoms with E-state index in [1.165, 1.54) is 17.0 Å². The van der Waals surface area contributed by atoms with Gasteiger partial charge < -0.3 is 9.64 Å². The molecular formula is C30H28F5NO2. The molecule has 2 aliphatic rings. The van der Waals surface area contributed by atoms with Crippen LogP contribution in [0.2, 0.25) is 0 Å². The summed E-state index contributed by atoms with van der Waals surface area (Å²) in [5.74, 6) is -0.753. The number of benzene rings is 3. The molecule has 38 heavy (non-hydrogen) atoms. The van der Waals surface area contributed by atoms with E-state index in [1.807, 2.05) is 26.8 Å². The molecule has 0 spiro atoms. The van der Waals surface area contributed by atoms with Crippen LogP contribution in [0.25, 0.3) is 11.1 Å². The average molecular weight is 530 g/mol. The third-order valence-electron chi connectivity index (χ3n) is 7.64. The second-order valence-corrected chi connectivity index (χ2v) is 9.95. The molecule has 8 heteroatoms. The highest BCUT2D eigenvalue weighted by molar-refractivity contribution is 6.08. The number of alkyl halides is 4. The predicted octanol–water partition coefficient (Wildman–Crippen LogP) is 7.69. The van der Waals surface area contributed by atoms with Crippen molar-refractivity contribution in [3.05, 3.63) is 80.7 Å². The van der Waals surface area contributed by atoms with Gasteiger partial charge in [0.15, 0.2) is 11.6 Å². The largest absolute Gasteiger partial charge is 0.490 e. The van der Waals surface area contributed by atoms with E-state index in [2.05, 4.69) is 0 Å². The number of hydrogen-bond acceptors (Lipinski definition) is 2. The summed E-state index contributed by atoms with van der Waals surface area (Å²) in [4.78, 5) is 15.0. The first-order chi connectivity index (χ1) is 18.0. The van der Waals surface area contributed by atoms with Crippen LogP contribution in [0, 0.1) is 19.7 Å². The topological polar surface area (TPSA) is 29.5 Å². The van der Waals surface area contributed by atoms with Crippen LogP contribution in [-0.2, 0) is 32.1 Å². The van der Waals surface area contributed by atoms with Crippen LogP contribution in [0.15, 0.2) is 30.3 Å². The number of carbonyl (C=O) groups excluding carboxylic acids is 1. The Morgan fingerprint density at radius 1 is 1.05 bits per heavy atom. The Morgan fingerprint density at radius 2 is 1.82 bits per heavy atom. The molecule has 5 rings (SSSR count). The normalized spacial score (nSPS) is 14.8. The lowest BCUT2D eigenvalue weighted by molar-refractivity contribution is -0.137. The highest BCUT2D eigenvalue weighted by Gasteiger charge is 2.35. The Labute approximate surface area is 218 Å². The van der Waals surface area contributed by atoms with Crippen LogP contribution >= 0.6 is 0 Å². The zero-order chi connectivity index (χ0) is 27.4. The first-order valence-electron chi connectivity index (χ1n) is 12.7. The van der Waals surface area contributed by atoms with Gasteiger partial charge in [-0.2, -0.15) is 13.2 Å². The van der Waals surface area contributed by atoms with Gasteiger partial charge in [0.1, 0.15) is 6.67 Å². The Morgan fingerprint density at radius 3 is 2.50 bits per heavy atom. The summed E-state index contributed by atoms with van der Waals surface area (Å²) >= 11 is 0. The van der Waals surface area contributed by atoms with Crippen LogP contribution in [0.3, 0.4) is 0 Å². The highest BCUT2D eigenvalue weighted by Crippen LogP contribution is 2.45. The van der Waals surface area contributed by atoms with Crippen molar-refractivity contribution in [2.75, 3.05) is 18.1 Å². The number of aryl methyl sites for hydroxylation is 1. The minimum absolute atomic E-state index is 0.205. The molecule has 0 aliphatic carbocycles. The first kappa shape index (κ1) is 26.2. The lowest BCUT2D eigenvalue weighted by Gasteiger charge is -2.25. The van der Waals surface area contributed by atoms with Gasteiger partial charge in [0.25, 0.3) is 5.91 Å².